The largest absolute Gasteiger partial charge is 0.196 e. The first-order valence-corrected chi connectivity index (χ1v) is 6.37. The topological polar surface area (TPSA) is 95.2 Å². The molecule has 2 rings (SSSR count). The molecule has 0 aromatic heterocycles. The molecule has 4 nitrogen and oxygen atoms in total. The second-order valence-corrected chi connectivity index (χ2v) is 4.97. The summed E-state index contributed by atoms with van der Waals surface area (Å²) in [6.45, 7) is 1.92. The van der Waals surface area contributed by atoms with Crippen LogP contribution in [-0.2, 0) is 5.41 Å². The van der Waals surface area contributed by atoms with Gasteiger partial charge in [0.2, 0.25) is 0 Å². The van der Waals surface area contributed by atoms with E-state index < -0.39 is 16.2 Å². The molecular weight excluding hydrogens is 248 g/mol. The number of nitrogens with zero attached hydrogens (tertiary/aromatic N) is 4. The molecule has 20 heavy (non-hydrogen) atoms. The van der Waals surface area contributed by atoms with Crippen molar-refractivity contribution in [3.05, 3.63) is 35.9 Å². The molecular formula is C16H12N4. The van der Waals surface area contributed by atoms with Crippen molar-refractivity contribution < 1.29 is 0 Å². The van der Waals surface area contributed by atoms with E-state index in [1.54, 1.807) is 24.3 Å². The van der Waals surface area contributed by atoms with E-state index in [0.717, 1.165) is 0 Å². The third-order valence-corrected chi connectivity index (χ3v) is 4.34. The van der Waals surface area contributed by atoms with Gasteiger partial charge in [0, 0.05) is 0 Å². The van der Waals surface area contributed by atoms with E-state index in [1.165, 1.54) is 0 Å². The van der Waals surface area contributed by atoms with Crippen LogP contribution in [0.3, 0.4) is 0 Å². The van der Waals surface area contributed by atoms with Crippen LogP contribution in [0.15, 0.2) is 30.3 Å². The molecule has 96 valence electrons. The van der Waals surface area contributed by atoms with Gasteiger partial charge in [0.25, 0.3) is 0 Å². The maximum Gasteiger partial charge on any atom is 0.188 e. The molecule has 0 amide bonds. The van der Waals surface area contributed by atoms with Crippen molar-refractivity contribution in [2.45, 2.75) is 25.2 Å². The molecule has 0 aliphatic heterocycles. The number of hydrogen-bond donors (Lipinski definition) is 0. The van der Waals surface area contributed by atoms with Gasteiger partial charge in [0.1, 0.15) is 0 Å². The molecule has 0 bridgehead atoms. The molecule has 1 aliphatic carbocycles. The van der Waals surface area contributed by atoms with E-state index in [1.807, 2.05) is 37.3 Å². The summed E-state index contributed by atoms with van der Waals surface area (Å²) in [4.78, 5) is 0. The summed E-state index contributed by atoms with van der Waals surface area (Å²) < 4.78 is 0. The van der Waals surface area contributed by atoms with E-state index in [2.05, 4.69) is 0 Å². The van der Waals surface area contributed by atoms with Gasteiger partial charge in [0.05, 0.1) is 29.7 Å². The minimum Gasteiger partial charge on any atom is -0.196 e. The number of rotatable bonds is 3. The van der Waals surface area contributed by atoms with E-state index >= 15 is 0 Å². The lowest BCUT2D eigenvalue weighted by molar-refractivity contribution is 0.522. The van der Waals surface area contributed by atoms with Gasteiger partial charge >= 0.3 is 0 Å². The minimum atomic E-state index is -1.60. The molecule has 1 saturated carbocycles. The Labute approximate surface area is 118 Å². The van der Waals surface area contributed by atoms with Gasteiger partial charge in [-0.25, -0.2) is 0 Å². The van der Waals surface area contributed by atoms with Crippen LogP contribution in [0.4, 0.5) is 0 Å². The van der Waals surface area contributed by atoms with Gasteiger partial charge in [0.15, 0.2) is 10.8 Å². The second kappa shape index (κ2) is 4.38. The van der Waals surface area contributed by atoms with Crippen molar-refractivity contribution in [2.24, 2.45) is 10.8 Å². The lowest BCUT2D eigenvalue weighted by Gasteiger charge is -2.17. The van der Waals surface area contributed by atoms with Crippen LogP contribution in [0.2, 0.25) is 0 Å². The fourth-order valence-electron chi connectivity index (χ4n) is 3.44. The Morgan fingerprint density at radius 3 is 1.65 bits per heavy atom. The highest BCUT2D eigenvalue weighted by molar-refractivity contribution is 5.64. The summed E-state index contributed by atoms with van der Waals surface area (Å²) in [5.41, 5.74) is -3.50. The number of hydrogen-bond acceptors (Lipinski definition) is 4. The fraction of sp³-hybridized carbons (Fsp3) is 0.375. The Hall–Kier alpha value is -2.82. The zero-order valence-corrected chi connectivity index (χ0v) is 11.1. The van der Waals surface area contributed by atoms with Crippen molar-refractivity contribution in [3.8, 4) is 24.3 Å². The van der Waals surface area contributed by atoms with Crippen molar-refractivity contribution >= 4 is 0 Å². The Bertz CT molecular complexity index is 625. The van der Waals surface area contributed by atoms with E-state index in [9.17, 15) is 21.0 Å². The highest BCUT2D eigenvalue weighted by atomic mass is 14.8. The number of benzene rings is 1. The average molecular weight is 260 g/mol. The molecule has 0 heterocycles. The van der Waals surface area contributed by atoms with E-state index in [-0.39, 0.29) is 0 Å². The summed E-state index contributed by atoms with van der Waals surface area (Å²) in [7, 11) is 0. The molecule has 1 aliphatic rings. The Kier molecular flexibility index (Phi) is 2.98. The van der Waals surface area contributed by atoms with Crippen LogP contribution in [-0.4, -0.2) is 0 Å². The molecule has 0 atom stereocenters. The van der Waals surface area contributed by atoms with Crippen molar-refractivity contribution in [3.63, 3.8) is 0 Å². The Balaban J connectivity index is 2.80. The van der Waals surface area contributed by atoms with Crippen molar-refractivity contribution in [1.82, 2.24) is 0 Å². The second-order valence-electron chi connectivity index (χ2n) is 4.97. The molecule has 1 aromatic rings. The maximum absolute atomic E-state index is 9.50. The normalized spacial score (nSPS) is 19.6. The maximum atomic E-state index is 9.50. The molecule has 4 heteroatoms. The predicted octanol–water partition coefficient (Wildman–Crippen LogP) is 2.81. The average Bonchev–Trinajstić information content (AvgIpc) is 3.05. The fourth-order valence-corrected chi connectivity index (χ4v) is 3.44. The van der Waals surface area contributed by atoms with Crippen LogP contribution >= 0.6 is 0 Å². The summed E-state index contributed by atoms with van der Waals surface area (Å²) >= 11 is 0. The van der Waals surface area contributed by atoms with Crippen molar-refractivity contribution in [2.75, 3.05) is 0 Å². The van der Waals surface area contributed by atoms with Crippen molar-refractivity contribution in [1.29, 1.82) is 21.0 Å². The molecule has 0 radical (unpaired) electrons. The van der Waals surface area contributed by atoms with Gasteiger partial charge in [-0.2, -0.15) is 21.0 Å². The number of nitriles is 4. The lowest BCUT2D eigenvalue weighted by atomic mass is 9.82. The summed E-state index contributed by atoms with van der Waals surface area (Å²) in [6.07, 6.45) is 1.14. The zero-order chi connectivity index (χ0) is 14.9. The van der Waals surface area contributed by atoms with Crippen LogP contribution in [0, 0.1) is 56.2 Å². The van der Waals surface area contributed by atoms with Gasteiger partial charge in [-0.15, -0.1) is 0 Å². The SMILES string of the molecule is CCCC1(c2ccccc2)C(C#N)(C#N)C1(C#N)C#N. The quantitative estimate of drug-likeness (QED) is 0.834. The molecule has 1 fully saturated rings. The molecule has 0 N–H and O–H groups in total. The van der Waals surface area contributed by atoms with E-state index in [0.29, 0.717) is 18.4 Å². The van der Waals surface area contributed by atoms with Crippen LogP contribution in [0.5, 0.6) is 0 Å². The first kappa shape index (κ1) is 13.6. The van der Waals surface area contributed by atoms with Crippen LogP contribution < -0.4 is 0 Å². The van der Waals surface area contributed by atoms with Crippen LogP contribution in [0.1, 0.15) is 25.3 Å². The molecule has 0 spiro atoms. The Morgan fingerprint density at radius 2 is 1.30 bits per heavy atom. The third kappa shape index (κ3) is 1.12. The lowest BCUT2D eigenvalue weighted by Crippen LogP contribution is -2.18. The smallest absolute Gasteiger partial charge is 0.188 e. The first-order valence-electron chi connectivity index (χ1n) is 6.37. The highest BCUT2D eigenvalue weighted by Gasteiger charge is 2.91. The molecule has 0 unspecified atom stereocenters. The summed E-state index contributed by atoms with van der Waals surface area (Å²) in [5.74, 6) is 0. The summed E-state index contributed by atoms with van der Waals surface area (Å²) in [5, 5.41) is 38.0. The molecule has 0 saturated heterocycles. The third-order valence-electron chi connectivity index (χ3n) is 4.34. The highest BCUT2D eigenvalue weighted by Crippen LogP contribution is 2.79. The minimum absolute atomic E-state index is 0.458. The van der Waals surface area contributed by atoms with Crippen LogP contribution in [0.25, 0.3) is 0 Å². The van der Waals surface area contributed by atoms with Gasteiger partial charge in [-0.1, -0.05) is 43.7 Å². The van der Waals surface area contributed by atoms with E-state index in [4.69, 9.17) is 0 Å². The molecule has 1 aromatic carbocycles. The van der Waals surface area contributed by atoms with Gasteiger partial charge in [-0.05, 0) is 12.0 Å². The predicted molar refractivity (Wildman–Crippen MR) is 70.3 cm³/mol. The Morgan fingerprint density at radius 1 is 0.850 bits per heavy atom. The standard InChI is InChI=1S/C16H12N4/c1-2-8-16(13-6-4-3-5-7-13)14(9-17,10-18)15(16,11-19)12-20/h3-7H,2,8H2,1H3. The zero-order valence-electron chi connectivity index (χ0n) is 11.1. The monoisotopic (exact) mass is 260 g/mol. The summed E-state index contributed by atoms with van der Waals surface area (Å²) in [6, 6.07) is 16.8. The van der Waals surface area contributed by atoms with Gasteiger partial charge < -0.3 is 0 Å². The van der Waals surface area contributed by atoms with Gasteiger partial charge in [-0.3, -0.25) is 0 Å². The first-order chi connectivity index (χ1) is 9.66.